The molecule has 1 heterocycles. The van der Waals surface area contributed by atoms with Gasteiger partial charge in [0.1, 0.15) is 0 Å². The largest absolute Gasteiger partial charge is 0.392 e. The highest BCUT2D eigenvalue weighted by molar-refractivity contribution is 4.82. The molecule has 2 heteroatoms. The fraction of sp³-hybridized carbons (Fsp3) is 1.00. The Kier molecular flexibility index (Phi) is 6.26. The molecule has 1 fully saturated rings. The molecule has 0 aromatic heterocycles. The molecule has 3 unspecified atom stereocenters. The molecule has 2 N–H and O–H groups in total. The van der Waals surface area contributed by atoms with E-state index in [4.69, 9.17) is 0 Å². The lowest BCUT2D eigenvalue weighted by Gasteiger charge is -2.31. The Hall–Kier alpha value is -0.0800. The van der Waals surface area contributed by atoms with Crippen LogP contribution in [0.3, 0.4) is 0 Å². The van der Waals surface area contributed by atoms with Crippen molar-refractivity contribution < 1.29 is 5.11 Å². The number of piperidine rings is 1. The molecular weight excluding hydrogens is 186 g/mol. The summed E-state index contributed by atoms with van der Waals surface area (Å²) in [6.07, 6.45) is 8.30. The predicted octanol–water partition coefficient (Wildman–Crippen LogP) is 2.71. The van der Waals surface area contributed by atoms with Crippen molar-refractivity contribution in [3.05, 3.63) is 0 Å². The van der Waals surface area contributed by atoms with Gasteiger partial charge >= 0.3 is 0 Å². The molecule has 1 saturated heterocycles. The first kappa shape index (κ1) is 13.0. The maximum absolute atomic E-state index is 10.0. The van der Waals surface area contributed by atoms with Crippen LogP contribution in [0.15, 0.2) is 0 Å². The third kappa shape index (κ3) is 4.98. The van der Waals surface area contributed by atoms with Crippen molar-refractivity contribution in [2.75, 3.05) is 6.54 Å². The zero-order chi connectivity index (χ0) is 11.1. The average molecular weight is 213 g/mol. The van der Waals surface area contributed by atoms with Crippen LogP contribution in [-0.2, 0) is 0 Å². The second-order valence-corrected chi connectivity index (χ2v) is 5.11. The predicted molar refractivity (Wildman–Crippen MR) is 65.0 cm³/mol. The van der Waals surface area contributed by atoms with Crippen molar-refractivity contribution in [3.63, 3.8) is 0 Å². The second kappa shape index (κ2) is 7.24. The van der Waals surface area contributed by atoms with Crippen LogP contribution in [0.25, 0.3) is 0 Å². The SMILES string of the molecule is CCCCCCC(O)C1CC(C)CCN1. The molecule has 2 nitrogen and oxygen atoms in total. The molecule has 15 heavy (non-hydrogen) atoms. The first-order chi connectivity index (χ1) is 7.24. The van der Waals surface area contributed by atoms with Crippen LogP contribution in [0, 0.1) is 5.92 Å². The zero-order valence-corrected chi connectivity index (χ0v) is 10.3. The molecule has 0 radical (unpaired) electrons. The Morgan fingerprint density at radius 1 is 1.33 bits per heavy atom. The summed E-state index contributed by atoms with van der Waals surface area (Å²) < 4.78 is 0. The summed E-state index contributed by atoms with van der Waals surface area (Å²) in [5.41, 5.74) is 0. The van der Waals surface area contributed by atoms with Crippen LogP contribution in [0.1, 0.15) is 58.8 Å². The van der Waals surface area contributed by atoms with Gasteiger partial charge in [-0.2, -0.15) is 0 Å². The van der Waals surface area contributed by atoms with Gasteiger partial charge in [0.05, 0.1) is 6.10 Å². The summed E-state index contributed by atoms with van der Waals surface area (Å²) in [5, 5.41) is 13.5. The van der Waals surface area contributed by atoms with Gasteiger partial charge in [0.2, 0.25) is 0 Å². The summed E-state index contributed by atoms with van der Waals surface area (Å²) in [4.78, 5) is 0. The fourth-order valence-electron chi connectivity index (χ4n) is 2.42. The molecule has 1 rings (SSSR count). The minimum absolute atomic E-state index is 0.121. The molecule has 0 aromatic rings. The first-order valence-electron chi connectivity index (χ1n) is 6.65. The fourth-order valence-corrected chi connectivity index (χ4v) is 2.42. The van der Waals surface area contributed by atoms with E-state index in [1.165, 1.54) is 32.1 Å². The van der Waals surface area contributed by atoms with Crippen molar-refractivity contribution in [3.8, 4) is 0 Å². The van der Waals surface area contributed by atoms with E-state index in [2.05, 4.69) is 19.2 Å². The molecule has 0 bridgehead atoms. The van der Waals surface area contributed by atoms with E-state index in [-0.39, 0.29) is 6.10 Å². The molecule has 1 aliphatic rings. The smallest absolute Gasteiger partial charge is 0.0693 e. The molecule has 0 spiro atoms. The lowest BCUT2D eigenvalue weighted by Crippen LogP contribution is -2.45. The van der Waals surface area contributed by atoms with Crippen molar-refractivity contribution >= 4 is 0 Å². The third-order valence-corrected chi connectivity index (χ3v) is 3.52. The van der Waals surface area contributed by atoms with Gasteiger partial charge in [-0.25, -0.2) is 0 Å². The topological polar surface area (TPSA) is 32.3 Å². The molecule has 0 saturated carbocycles. The van der Waals surface area contributed by atoms with Gasteiger partial charge in [0, 0.05) is 6.04 Å². The van der Waals surface area contributed by atoms with Crippen LogP contribution in [0.5, 0.6) is 0 Å². The van der Waals surface area contributed by atoms with E-state index in [9.17, 15) is 5.11 Å². The van der Waals surface area contributed by atoms with E-state index in [1.807, 2.05) is 0 Å². The minimum Gasteiger partial charge on any atom is -0.392 e. The zero-order valence-electron chi connectivity index (χ0n) is 10.3. The van der Waals surface area contributed by atoms with Crippen molar-refractivity contribution in [2.24, 2.45) is 5.92 Å². The number of aliphatic hydroxyl groups is 1. The van der Waals surface area contributed by atoms with Gasteiger partial charge in [-0.15, -0.1) is 0 Å². The second-order valence-electron chi connectivity index (χ2n) is 5.11. The van der Waals surface area contributed by atoms with Gasteiger partial charge in [-0.1, -0.05) is 39.5 Å². The number of aliphatic hydroxyl groups excluding tert-OH is 1. The standard InChI is InChI=1S/C13H27NO/c1-3-4-5-6-7-13(15)12-10-11(2)8-9-14-12/h11-15H,3-10H2,1-2H3. The van der Waals surface area contributed by atoms with E-state index >= 15 is 0 Å². The molecule has 3 atom stereocenters. The molecule has 0 aliphatic carbocycles. The normalized spacial score (nSPS) is 29.0. The van der Waals surface area contributed by atoms with Crippen molar-refractivity contribution in [1.29, 1.82) is 0 Å². The number of hydrogen-bond acceptors (Lipinski definition) is 2. The summed E-state index contributed by atoms with van der Waals surface area (Å²) in [5.74, 6) is 0.779. The van der Waals surface area contributed by atoms with E-state index in [1.54, 1.807) is 0 Å². The highest BCUT2D eigenvalue weighted by Crippen LogP contribution is 2.19. The van der Waals surface area contributed by atoms with Gasteiger partial charge < -0.3 is 10.4 Å². The Balaban J connectivity index is 2.12. The lowest BCUT2D eigenvalue weighted by atomic mass is 9.89. The molecule has 1 aliphatic heterocycles. The van der Waals surface area contributed by atoms with Crippen molar-refractivity contribution in [1.82, 2.24) is 5.32 Å². The minimum atomic E-state index is -0.121. The van der Waals surface area contributed by atoms with Crippen LogP contribution in [-0.4, -0.2) is 23.8 Å². The average Bonchev–Trinajstić information content (AvgIpc) is 2.24. The number of hydrogen-bond donors (Lipinski definition) is 2. The van der Waals surface area contributed by atoms with Gasteiger partial charge in [-0.3, -0.25) is 0 Å². The van der Waals surface area contributed by atoms with Gasteiger partial charge in [-0.05, 0) is 31.7 Å². The number of rotatable bonds is 6. The quantitative estimate of drug-likeness (QED) is 0.665. The Morgan fingerprint density at radius 3 is 2.80 bits per heavy atom. The third-order valence-electron chi connectivity index (χ3n) is 3.52. The van der Waals surface area contributed by atoms with Gasteiger partial charge in [0.15, 0.2) is 0 Å². The molecule has 90 valence electrons. The maximum Gasteiger partial charge on any atom is 0.0693 e. The number of unbranched alkanes of at least 4 members (excludes halogenated alkanes) is 3. The Bertz CT molecular complexity index is 161. The molecule has 0 amide bonds. The summed E-state index contributed by atoms with van der Waals surface area (Å²) in [6.45, 7) is 5.59. The number of nitrogens with one attached hydrogen (secondary N) is 1. The lowest BCUT2D eigenvalue weighted by molar-refractivity contribution is 0.0910. The van der Waals surface area contributed by atoms with Crippen molar-refractivity contribution in [2.45, 2.75) is 70.9 Å². The summed E-state index contributed by atoms with van der Waals surface area (Å²) in [7, 11) is 0. The van der Waals surface area contributed by atoms with Crippen LogP contribution in [0.4, 0.5) is 0 Å². The molecular formula is C13H27NO. The van der Waals surface area contributed by atoms with E-state index in [0.717, 1.165) is 25.3 Å². The first-order valence-corrected chi connectivity index (χ1v) is 6.65. The highest BCUT2D eigenvalue weighted by Gasteiger charge is 2.24. The Labute approximate surface area is 94.5 Å². The van der Waals surface area contributed by atoms with E-state index < -0.39 is 0 Å². The van der Waals surface area contributed by atoms with Crippen LogP contribution in [0.2, 0.25) is 0 Å². The highest BCUT2D eigenvalue weighted by atomic mass is 16.3. The van der Waals surface area contributed by atoms with Crippen LogP contribution >= 0.6 is 0 Å². The van der Waals surface area contributed by atoms with Gasteiger partial charge in [0.25, 0.3) is 0 Å². The van der Waals surface area contributed by atoms with Crippen LogP contribution < -0.4 is 5.32 Å². The Morgan fingerprint density at radius 2 is 2.13 bits per heavy atom. The summed E-state index contributed by atoms with van der Waals surface area (Å²) >= 11 is 0. The van der Waals surface area contributed by atoms with E-state index in [0.29, 0.717) is 6.04 Å². The molecule has 0 aromatic carbocycles. The maximum atomic E-state index is 10.0. The summed E-state index contributed by atoms with van der Waals surface area (Å²) in [6, 6.07) is 0.357. The monoisotopic (exact) mass is 213 g/mol.